The smallest absolute Gasteiger partial charge is 0.318 e. The van der Waals surface area contributed by atoms with Gasteiger partial charge in [0.15, 0.2) is 0 Å². The largest absolute Gasteiger partial charge is 0.471 e. The number of aromatic nitrogens is 2. The maximum atomic E-state index is 14.7. The van der Waals surface area contributed by atoms with Crippen LogP contribution in [0.25, 0.3) is 21.6 Å². The van der Waals surface area contributed by atoms with Gasteiger partial charge in [-0.3, -0.25) is 14.4 Å². The van der Waals surface area contributed by atoms with Gasteiger partial charge in [-0.05, 0) is 73.6 Å². The second-order valence-electron chi connectivity index (χ2n) is 14.7. The zero-order chi connectivity index (χ0) is 38.9. The van der Waals surface area contributed by atoms with Gasteiger partial charge in [-0.25, -0.2) is 27.9 Å². The molecule has 56 heavy (non-hydrogen) atoms. The van der Waals surface area contributed by atoms with Crippen LogP contribution in [0.4, 0.5) is 4.79 Å². The van der Waals surface area contributed by atoms with Crippen LogP contribution in [0.5, 0.6) is 5.88 Å². The summed E-state index contributed by atoms with van der Waals surface area (Å²) in [7, 11) is -4.19. The van der Waals surface area contributed by atoms with Gasteiger partial charge in [-0.15, -0.1) is 22.7 Å². The molecule has 14 nitrogen and oxygen atoms in total. The quantitative estimate of drug-likeness (QED) is 0.220. The first kappa shape index (κ1) is 38.0. The molecule has 0 bridgehead atoms. The van der Waals surface area contributed by atoms with E-state index in [1.165, 1.54) is 22.3 Å². The van der Waals surface area contributed by atoms with Crippen molar-refractivity contribution in [1.29, 1.82) is 0 Å². The number of sulfonamides is 1. The molecule has 294 valence electrons. The van der Waals surface area contributed by atoms with Crippen molar-refractivity contribution < 1.29 is 32.3 Å². The van der Waals surface area contributed by atoms with Gasteiger partial charge in [-0.2, -0.15) is 0 Å². The van der Waals surface area contributed by atoms with Crippen LogP contribution in [-0.4, -0.2) is 95.3 Å². The molecule has 4 aromatic rings. The van der Waals surface area contributed by atoms with Gasteiger partial charge in [0.25, 0.3) is 15.9 Å². The minimum atomic E-state index is -4.19. The van der Waals surface area contributed by atoms with E-state index in [1.54, 1.807) is 16.3 Å². The number of ether oxygens (including phenoxy) is 1. The predicted octanol–water partition coefficient (Wildman–Crippen LogP) is 4.84. The molecule has 2 saturated heterocycles. The number of para-hydroxylation sites is 2. The number of likely N-dealkylation sites (tertiary alicyclic amines) is 1. The van der Waals surface area contributed by atoms with Gasteiger partial charge in [0.2, 0.25) is 17.7 Å². The summed E-state index contributed by atoms with van der Waals surface area (Å²) in [5.41, 5.74) is 0.286. The number of amides is 5. The van der Waals surface area contributed by atoms with Crippen LogP contribution in [0.15, 0.2) is 75.7 Å². The molecule has 1 aromatic carbocycles. The summed E-state index contributed by atoms with van der Waals surface area (Å²) < 4.78 is 35.1. The number of urea groups is 1. The number of nitrogens with zero attached hydrogens (tertiary/aromatic N) is 4. The van der Waals surface area contributed by atoms with Crippen LogP contribution in [0.3, 0.4) is 0 Å². The Labute approximate surface area is 332 Å². The first-order valence-corrected chi connectivity index (χ1v) is 22.3. The predicted molar refractivity (Wildman–Crippen MR) is 211 cm³/mol. The number of thiophene rings is 2. The van der Waals surface area contributed by atoms with Gasteiger partial charge >= 0.3 is 6.03 Å². The first-order valence-electron chi connectivity index (χ1n) is 19.0. The Kier molecular flexibility index (Phi) is 10.8. The number of benzene rings is 1. The number of hydrogen-bond donors (Lipinski definition) is 3. The molecule has 0 radical (unpaired) electrons. The summed E-state index contributed by atoms with van der Waals surface area (Å²) in [5, 5.41) is 9.42. The van der Waals surface area contributed by atoms with E-state index in [0.717, 1.165) is 41.9 Å². The molecular weight excluding hydrogens is 775 g/mol. The van der Waals surface area contributed by atoms with E-state index in [-0.39, 0.29) is 35.5 Å². The van der Waals surface area contributed by atoms with E-state index < -0.39 is 57.4 Å². The molecule has 1 aliphatic carbocycles. The maximum Gasteiger partial charge on any atom is 0.318 e. The number of carbonyl (C=O) groups excluding carboxylic acids is 4. The highest BCUT2D eigenvalue weighted by atomic mass is 32.2. The lowest BCUT2D eigenvalue weighted by Gasteiger charge is -2.30. The second-order valence-corrected chi connectivity index (χ2v) is 18.5. The summed E-state index contributed by atoms with van der Waals surface area (Å²) in [4.78, 5) is 70.2. The lowest BCUT2D eigenvalue weighted by Crippen LogP contribution is -2.58. The Balaban J connectivity index is 1.12. The van der Waals surface area contributed by atoms with Gasteiger partial charge in [0.1, 0.15) is 33.6 Å². The van der Waals surface area contributed by atoms with E-state index in [4.69, 9.17) is 14.7 Å². The van der Waals surface area contributed by atoms with Crippen LogP contribution in [0.2, 0.25) is 0 Å². The van der Waals surface area contributed by atoms with Crippen LogP contribution in [-0.2, 0) is 24.4 Å². The van der Waals surface area contributed by atoms with Crippen LogP contribution in [0, 0.1) is 5.92 Å². The third-order valence-corrected chi connectivity index (χ3v) is 14.5. The molecule has 1 unspecified atom stereocenters. The third kappa shape index (κ3) is 7.89. The van der Waals surface area contributed by atoms with Crippen LogP contribution >= 0.6 is 22.7 Å². The second kappa shape index (κ2) is 15.9. The monoisotopic (exact) mass is 817 g/mol. The zero-order valence-electron chi connectivity index (χ0n) is 30.6. The fourth-order valence-electron chi connectivity index (χ4n) is 7.80. The highest BCUT2D eigenvalue weighted by Crippen LogP contribution is 2.46. The van der Waals surface area contributed by atoms with Gasteiger partial charge in [-0.1, -0.05) is 49.3 Å². The number of rotatable bonds is 7. The number of allylic oxidation sites excluding steroid dienone is 1. The SMILES string of the molecule is O=C1N[C@]2(C(=O)NS(=O)(=O)c3cccs3)CC2/C=C\CCCCC[C@H](NC(=O)N2CCCC2)C(=O)N2C[C@H](Oc3nc4ccccc4nc3-c3cccs3)C[C@@H]12. The fraction of sp³-hybridized carbons (Fsp3) is 0.436. The minimum Gasteiger partial charge on any atom is -0.471 e. The lowest BCUT2D eigenvalue weighted by atomic mass is 10.0. The van der Waals surface area contributed by atoms with Crippen molar-refractivity contribution in [2.24, 2.45) is 5.92 Å². The maximum absolute atomic E-state index is 14.7. The standard InChI is InChI=1S/C39H43N7O7S3/c47-34-30-22-26(53-35-33(31-16-10-20-54-31)40-27-13-6-7-14-28(27)41-35)24-46(30)36(48)29(42-38(50)45-18-8-9-19-45)15-5-3-1-2-4-12-25-23-39(25,43-34)37(49)44-56(51,52)32-17-11-21-55-32/h4,6-7,10-14,16-17,20-21,25-26,29-30H,1-3,5,8-9,15,18-19,22-24H2,(H,42,50)(H,43,47)(H,44,49)/b12-4-/t25?,26-,29+,30+,39-/m1/s1. The molecule has 8 rings (SSSR count). The molecule has 1 saturated carbocycles. The summed E-state index contributed by atoms with van der Waals surface area (Å²) in [6, 6.07) is 11.9. The highest BCUT2D eigenvalue weighted by molar-refractivity contribution is 7.92. The Morgan fingerprint density at radius 1 is 0.929 bits per heavy atom. The summed E-state index contributed by atoms with van der Waals surface area (Å²) >= 11 is 2.46. The fourth-order valence-corrected chi connectivity index (χ4v) is 10.5. The number of nitrogens with one attached hydrogen (secondary N) is 3. The summed E-state index contributed by atoms with van der Waals surface area (Å²) in [5.74, 6) is -2.09. The molecule has 3 aromatic heterocycles. The Morgan fingerprint density at radius 2 is 1.70 bits per heavy atom. The van der Waals surface area contributed by atoms with Crippen molar-refractivity contribution in [1.82, 2.24) is 35.1 Å². The first-order chi connectivity index (χ1) is 27.1. The molecule has 5 amide bonds. The molecule has 6 heterocycles. The average Bonchev–Trinajstić information content (AvgIpc) is 3.89. The summed E-state index contributed by atoms with van der Waals surface area (Å²) in [6.45, 7) is 1.22. The van der Waals surface area contributed by atoms with Crippen molar-refractivity contribution in [2.75, 3.05) is 19.6 Å². The van der Waals surface area contributed by atoms with E-state index in [2.05, 4.69) is 15.4 Å². The van der Waals surface area contributed by atoms with Gasteiger partial charge < -0.3 is 25.2 Å². The van der Waals surface area contributed by atoms with Crippen LogP contribution < -0.4 is 20.1 Å². The number of fused-ring (bicyclic) bond motifs is 3. The van der Waals surface area contributed by atoms with Crippen molar-refractivity contribution in [3.05, 3.63) is 71.4 Å². The molecule has 3 N–H and O–H groups in total. The minimum absolute atomic E-state index is 0.000672. The number of carbonyl (C=O) groups is 4. The van der Waals surface area contributed by atoms with Crippen LogP contribution in [0.1, 0.15) is 57.8 Å². The molecule has 17 heteroatoms. The molecule has 0 spiro atoms. The average molecular weight is 818 g/mol. The van der Waals surface area contributed by atoms with Crippen molar-refractivity contribution in [3.63, 3.8) is 0 Å². The Hall–Kier alpha value is -4.87. The van der Waals surface area contributed by atoms with E-state index >= 15 is 0 Å². The lowest BCUT2D eigenvalue weighted by molar-refractivity contribution is -0.141. The normalized spacial score (nSPS) is 26.4. The number of hydrogen-bond acceptors (Lipinski definition) is 11. The molecule has 3 aliphatic heterocycles. The Morgan fingerprint density at radius 3 is 2.45 bits per heavy atom. The summed E-state index contributed by atoms with van der Waals surface area (Å²) in [6.07, 6.45) is 8.49. The van der Waals surface area contributed by atoms with Crippen molar-refractivity contribution >= 4 is 67.5 Å². The zero-order valence-corrected chi connectivity index (χ0v) is 33.0. The highest BCUT2D eigenvalue weighted by Gasteiger charge is 2.61. The molecule has 5 atom stereocenters. The third-order valence-electron chi connectivity index (χ3n) is 10.9. The Bertz CT molecular complexity index is 2240. The molecule has 3 fully saturated rings. The molecule has 4 aliphatic rings. The van der Waals surface area contributed by atoms with E-state index in [9.17, 15) is 27.6 Å². The van der Waals surface area contributed by atoms with Crippen molar-refractivity contribution in [2.45, 2.75) is 85.7 Å². The van der Waals surface area contributed by atoms with Crippen molar-refractivity contribution in [3.8, 4) is 16.5 Å². The molecular formula is C39H43N7O7S3. The van der Waals surface area contributed by atoms with Gasteiger partial charge in [0.05, 0.1) is 22.5 Å². The van der Waals surface area contributed by atoms with Gasteiger partial charge in [0, 0.05) is 25.4 Å². The topological polar surface area (TPSA) is 180 Å². The van der Waals surface area contributed by atoms with E-state index in [1.807, 2.05) is 53.9 Å². The van der Waals surface area contributed by atoms with E-state index in [0.29, 0.717) is 49.1 Å².